The molecule has 17 nitrogen and oxygen atoms in total. The van der Waals surface area contributed by atoms with E-state index in [0.717, 1.165) is 108 Å². The molecule has 0 aromatic heterocycles. The predicted octanol–water partition coefficient (Wildman–Crippen LogP) is 25.3. The lowest BCUT2D eigenvalue weighted by Crippen LogP contribution is -2.30. The van der Waals surface area contributed by atoms with E-state index in [2.05, 4.69) is 48.5 Å². The minimum absolute atomic E-state index is 0.106. The Bertz CT molecular complexity index is 1990. The maximum absolute atomic E-state index is 13.1. The molecule has 0 saturated carbocycles. The molecule has 0 heterocycles. The van der Waals surface area contributed by atoms with Crippen molar-refractivity contribution in [1.82, 2.24) is 0 Å². The molecule has 0 amide bonds. The number of esters is 4. The van der Waals surface area contributed by atoms with Crippen LogP contribution in [0.15, 0.2) is 0 Å². The van der Waals surface area contributed by atoms with Crippen LogP contribution < -0.4 is 0 Å². The number of rotatable bonds is 82. The first kappa shape index (κ1) is 101. The second-order valence-corrected chi connectivity index (χ2v) is 34.6. The van der Waals surface area contributed by atoms with E-state index in [0.29, 0.717) is 25.7 Å². The summed E-state index contributed by atoms with van der Waals surface area (Å²) in [6.07, 6.45) is 63.9. The van der Waals surface area contributed by atoms with Gasteiger partial charge < -0.3 is 33.8 Å². The van der Waals surface area contributed by atoms with Gasteiger partial charge in [0.25, 0.3) is 0 Å². The number of hydrogen-bond acceptors (Lipinski definition) is 15. The molecular formula is C84H164O17P2. The molecule has 103 heavy (non-hydrogen) atoms. The first-order chi connectivity index (χ1) is 49.7. The van der Waals surface area contributed by atoms with Crippen molar-refractivity contribution < 1.29 is 80.2 Å². The largest absolute Gasteiger partial charge is 0.472 e. The average molecular weight is 1510 g/mol. The summed E-state index contributed by atoms with van der Waals surface area (Å²) in [5, 5.41) is 10.7. The molecule has 2 unspecified atom stereocenters. The van der Waals surface area contributed by atoms with Crippen molar-refractivity contribution in [2.24, 2.45) is 17.8 Å². The van der Waals surface area contributed by atoms with Crippen molar-refractivity contribution in [1.29, 1.82) is 0 Å². The van der Waals surface area contributed by atoms with Gasteiger partial charge >= 0.3 is 39.5 Å². The van der Waals surface area contributed by atoms with E-state index in [-0.39, 0.29) is 25.7 Å². The number of unbranched alkanes of at least 4 members (excludes halogenated alkanes) is 50. The zero-order chi connectivity index (χ0) is 75.8. The van der Waals surface area contributed by atoms with Crippen molar-refractivity contribution in [2.75, 3.05) is 39.6 Å². The van der Waals surface area contributed by atoms with Gasteiger partial charge in [0.1, 0.15) is 19.3 Å². The third-order valence-electron chi connectivity index (χ3n) is 19.6. The highest BCUT2D eigenvalue weighted by Gasteiger charge is 2.30. The molecule has 0 aliphatic heterocycles. The molecule has 0 aromatic carbocycles. The zero-order valence-corrected chi connectivity index (χ0v) is 69.6. The number of aliphatic hydroxyl groups excluding tert-OH is 1. The third-order valence-corrected chi connectivity index (χ3v) is 21.5. The van der Waals surface area contributed by atoms with Gasteiger partial charge in [0.2, 0.25) is 0 Å². The molecule has 0 aromatic rings. The summed E-state index contributed by atoms with van der Waals surface area (Å²) in [5.74, 6) is 0.192. The maximum atomic E-state index is 13.1. The normalized spacial score (nSPS) is 13.9. The second-order valence-electron chi connectivity index (χ2n) is 31.6. The van der Waals surface area contributed by atoms with E-state index in [9.17, 15) is 43.2 Å². The Morgan fingerprint density at radius 1 is 0.262 bits per heavy atom. The summed E-state index contributed by atoms with van der Waals surface area (Å²) in [4.78, 5) is 73.2. The summed E-state index contributed by atoms with van der Waals surface area (Å²) in [6, 6.07) is 0. The fourth-order valence-electron chi connectivity index (χ4n) is 13.0. The van der Waals surface area contributed by atoms with E-state index in [1.54, 1.807) is 0 Å². The Labute approximate surface area is 632 Å². The molecule has 5 atom stereocenters. The van der Waals surface area contributed by atoms with Crippen LogP contribution in [0.4, 0.5) is 0 Å². The molecule has 0 aliphatic carbocycles. The van der Waals surface area contributed by atoms with Gasteiger partial charge in [0.15, 0.2) is 12.2 Å². The molecule has 0 bridgehead atoms. The summed E-state index contributed by atoms with van der Waals surface area (Å²) in [6.45, 7) is 12.0. The quantitative estimate of drug-likeness (QED) is 0.0222. The maximum Gasteiger partial charge on any atom is 0.472 e. The zero-order valence-electron chi connectivity index (χ0n) is 67.8. The van der Waals surface area contributed by atoms with Gasteiger partial charge in [0, 0.05) is 25.7 Å². The van der Waals surface area contributed by atoms with Gasteiger partial charge in [-0.3, -0.25) is 37.3 Å². The summed E-state index contributed by atoms with van der Waals surface area (Å²) in [5.41, 5.74) is 0. The molecule has 0 spiro atoms. The molecule has 612 valence electrons. The number of carbonyl (C=O) groups excluding carboxylic acids is 4. The molecule has 0 radical (unpaired) electrons. The highest BCUT2D eigenvalue weighted by atomic mass is 31.2. The predicted molar refractivity (Wildman–Crippen MR) is 423 cm³/mol. The first-order valence-corrected chi connectivity index (χ1v) is 46.3. The summed E-state index contributed by atoms with van der Waals surface area (Å²) < 4.78 is 68.8. The van der Waals surface area contributed by atoms with Gasteiger partial charge in [0.05, 0.1) is 26.4 Å². The standard InChI is InChI=1S/C84H164O17P2/c1-8-9-10-11-12-13-14-15-16-17-18-19-20-21-22-25-31-38-46-53-60-67-83(88)100-79(71-94-81(86)65-58-51-44-37-30-26-23-24-28-34-41-48-55-62-75(2)3)73-98-102(90,91)96-69-78(85)70-97-103(92,93)99-74-80(72-95-82(87)66-59-52-45-40-33-36-43-50-57-64-77(6)7)101-84(89)68-61-54-47-39-32-27-29-35-42-49-56-63-76(4)5/h75-80,85H,8-74H2,1-7H3,(H,90,91)(H,92,93)/t78-,79-,80-/m1/s1. The van der Waals surface area contributed by atoms with Crippen LogP contribution >= 0.6 is 15.6 Å². The number of carbonyl (C=O) groups is 4. The van der Waals surface area contributed by atoms with Gasteiger partial charge in [-0.2, -0.15) is 0 Å². The molecule has 0 saturated heterocycles. The number of phosphoric acid groups is 2. The monoisotopic (exact) mass is 1510 g/mol. The minimum atomic E-state index is -4.96. The van der Waals surface area contributed by atoms with Gasteiger partial charge in [-0.25, -0.2) is 9.13 Å². The van der Waals surface area contributed by atoms with Crippen LogP contribution in [0.1, 0.15) is 440 Å². The summed E-state index contributed by atoms with van der Waals surface area (Å²) in [7, 11) is -9.93. The highest BCUT2D eigenvalue weighted by molar-refractivity contribution is 7.47. The number of phosphoric ester groups is 2. The van der Waals surface area contributed by atoms with Crippen molar-refractivity contribution in [2.45, 2.75) is 458 Å². The number of hydrogen-bond donors (Lipinski definition) is 3. The van der Waals surface area contributed by atoms with E-state index in [1.807, 2.05) is 0 Å². The minimum Gasteiger partial charge on any atom is -0.462 e. The molecule has 19 heteroatoms. The Morgan fingerprint density at radius 2 is 0.447 bits per heavy atom. The fraction of sp³-hybridized carbons (Fsp3) is 0.952. The first-order valence-electron chi connectivity index (χ1n) is 43.3. The summed E-state index contributed by atoms with van der Waals surface area (Å²) >= 11 is 0. The second kappa shape index (κ2) is 74.2. The Balaban J connectivity index is 5.25. The van der Waals surface area contributed by atoms with Gasteiger partial charge in [-0.15, -0.1) is 0 Å². The van der Waals surface area contributed by atoms with Crippen LogP contribution in [-0.2, 0) is 65.4 Å². The van der Waals surface area contributed by atoms with Gasteiger partial charge in [-0.05, 0) is 43.4 Å². The Kier molecular flexibility index (Phi) is 72.8. The molecular weight excluding hydrogens is 1340 g/mol. The lowest BCUT2D eigenvalue weighted by atomic mass is 10.0. The number of aliphatic hydroxyl groups is 1. The van der Waals surface area contributed by atoms with Crippen molar-refractivity contribution >= 4 is 39.5 Å². The van der Waals surface area contributed by atoms with Crippen LogP contribution in [0.5, 0.6) is 0 Å². The molecule has 0 fully saturated rings. The van der Waals surface area contributed by atoms with E-state index < -0.39 is 97.5 Å². The van der Waals surface area contributed by atoms with E-state index in [4.69, 9.17) is 37.0 Å². The van der Waals surface area contributed by atoms with Crippen LogP contribution in [-0.4, -0.2) is 96.7 Å². The van der Waals surface area contributed by atoms with Crippen LogP contribution in [0.2, 0.25) is 0 Å². The van der Waals surface area contributed by atoms with Gasteiger partial charge in [-0.1, -0.05) is 389 Å². The smallest absolute Gasteiger partial charge is 0.462 e. The molecule has 0 aliphatic rings. The average Bonchev–Trinajstić information content (AvgIpc) is 0.919. The lowest BCUT2D eigenvalue weighted by Gasteiger charge is -2.21. The third kappa shape index (κ3) is 78.0. The highest BCUT2D eigenvalue weighted by Crippen LogP contribution is 2.45. The lowest BCUT2D eigenvalue weighted by molar-refractivity contribution is -0.161. The fourth-order valence-corrected chi connectivity index (χ4v) is 14.6. The van der Waals surface area contributed by atoms with Crippen LogP contribution in [0, 0.1) is 17.8 Å². The van der Waals surface area contributed by atoms with E-state index in [1.165, 1.54) is 250 Å². The Hall–Kier alpha value is -1.94. The molecule has 3 N–H and O–H groups in total. The van der Waals surface area contributed by atoms with Crippen LogP contribution in [0.3, 0.4) is 0 Å². The number of ether oxygens (including phenoxy) is 4. The van der Waals surface area contributed by atoms with E-state index >= 15 is 0 Å². The van der Waals surface area contributed by atoms with Crippen molar-refractivity contribution in [3.05, 3.63) is 0 Å². The SMILES string of the molecule is CCCCCCCCCCCCCCCCCCCCCCCC(=O)O[C@H](COC(=O)CCCCCCCCCCCCCCCC(C)C)COP(=O)(O)OC[C@@H](O)COP(=O)(O)OC[C@@H](COC(=O)CCCCCCCCCCCC(C)C)OC(=O)CCCCCCCCCCCCCC(C)C. The topological polar surface area (TPSA) is 237 Å². The van der Waals surface area contributed by atoms with Crippen molar-refractivity contribution in [3.8, 4) is 0 Å². The van der Waals surface area contributed by atoms with Crippen LogP contribution in [0.25, 0.3) is 0 Å². The van der Waals surface area contributed by atoms with Crippen molar-refractivity contribution in [3.63, 3.8) is 0 Å². The Morgan fingerprint density at radius 3 is 0.660 bits per heavy atom. The molecule has 0 rings (SSSR count).